The van der Waals surface area contributed by atoms with Gasteiger partial charge >= 0.3 is 0 Å². The van der Waals surface area contributed by atoms with Crippen molar-refractivity contribution in [3.63, 3.8) is 0 Å². The topological polar surface area (TPSA) is 9.23 Å². The van der Waals surface area contributed by atoms with Gasteiger partial charge in [0.2, 0.25) is 0 Å². The molecule has 126 valence electrons. The van der Waals surface area contributed by atoms with Gasteiger partial charge in [-0.05, 0) is 41.3 Å². The summed E-state index contributed by atoms with van der Waals surface area (Å²) in [6.45, 7) is 5.27. The maximum absolute atomic E-state index is 6.31. The molecule has 24 heavy (non-hydrogen) atoms. The summed E-state index contributed by atoms with van der Waals surface area (Å²) in [6.07, 6.45) is 7.38. The van der Waals surface area contributed by atoms with E-state index in [0.29, 0.717) is 0 Å². The Kier molecular flexibility index (Phi) is 5.74. The van der Waals surface area contributed by atoms with Crippen molar-refractivity contribution >= 4 is 21.5 Å². The molecular formula is C23H28O. The molecule has 3 aromatic carbocycles. The molecule has 0 aromatic heterocycles. The Labute approximate surface area is 145 Å². The molecule has 0 bridgehead atoms. The number of rotatable bonds is 8. The van der Waals surface area contributed by atoms with Crippen LogP contribution >= 0.6 is 0 Å². The Morgan fingerprint density at radius 3 is 2.38 bits per heavy atom. The maximum atomic E-state index is 6.31. The summed E-state index contributed by atoms with van der Waals surface area (Å²) in [4.78, 5) is 0. The van der Waals surface area contributed by atoms with Crippen LogP contribution in [-0.2, 0) is 6.42 Å². The number of aryl methyl sites for hydroxylation is 1. The Morgan fingerprint density at radius 1 is 0.750 bits per heavy atom. The summed E-state index contributed by atoms with van der Waals surface area (Å²) < 4.78 is 6.31. The molecule has 1 heteroatoms. The average Bonchev–Trinajstić information content (AvgIpc) is 2.63. The first kappa shape index (κ1) is 16.8. The van der Waals surface area contributed by atoms with Crippen molar-refractivity contribution in [3.8, 4) is 5.75 Å². The minimum Gasteiger partial charge on any atom is -0.492 e. The van der Waals surface area contributed by atoms with Crippen molar-refractivity contribution in [2.45, 2.75) is 52.4 Å². The SMILES string of the molecule is CCCCCCCOc1c2ccccc2cc2ccc(CC)cc12. The van der Waals surface area contributed by atoms with Gasteiger partial charge in [-0.2, -0.15) is 0 Å². The average molecular weight is 320 g/mol. The molecule has 0 radical (unpaired) electrons. The molecule has 0 atom stereocenters. The van der Waals surface area contributed by atoms with Crippen molar-refractivity contribution in [3.05, 3.63) is 54.1 Å². The fourth-order valence-corrected chi connectivity index (χ4v) is 3.32. The predicted molar refractivity (Wildman–Crippen MR) is 105 cm³/mol. The van der Waals surface area contributed by atoms with Gasteiger partial charge in [-0.25, -0.2) is 0 Å². The quantitative estimate of drug-likeness (QED) is 0.324. The fourth-order valence-electron chi connectivity index (χ4n) is 3.32. The van der Waals surface area contributed by atoms with Gasteiger partial charge in [-0.15, -0.1) is 0 Å². The Hall–Kier alpha value is -2.02. The van der Waals surface area contributed by atoms with Gasteiger partial charge in [0, 0.05) is 10.8 Å². The number of hydrogen-bond acceptors (Lipinski definition) is 1. The Balaban J connectivity index is 1.91. The zero-order valence-electron chi connectivity index (χ0n) is 15.0. The van der Waals surface area contributed by atoms with Crippen molar-refractivity contribution in [2.24, 2.45) is 0 Å². The highest BCUT2D eigenvalue weighted by Crippen LogP contribution is 2.35. The summed E-state index contributed by atoms with van der Waals surface area (Å²) in [5.74, 6) is 1.06. The van der Waals surface area contributed by atoms with Crippen LogP contribution < -0.4 is 4.74 Å². The normalized spacial score (nSPS) is 11.2. The molecule has 0 heterocycles. The molecule has 0 spiro atoms. The molecule has 0 saturated carbocycles. The van der Waals surface area contributed by atoms with Crippen LogP contribution in [0.4, 0.5) is 0 Å². The van der Waals surface area contributed by atoms with Crippen molar-refractivity contribution in [1.29, 1.82) is 0 Å². The monoisotopic (exact) mass is 320 g/mol. The second-order valence-electron chi connectivity index (χ2n) is 6.60. The van der Waals surface area contributed by atoms with Crippen LogP contribution in [-0.4, -0.2) is 6.61 Å². The van der Waals surface area contributed by atoms with E-state index in [1.165, 1.54) is 52.8 Å². The zero-order chi connectivity index (χ0) is 16.8. The summed E-state index contributed by atoms with van der Waals surface area (Å²) >= 11 is 0. The highest BCUT2D eigenvalue weighted by molar-refractivity contribution is 6.05. The summed E-state index contributed by atoms with van der Waals surface area (Å²) in [5.41, 5.74) is 1.37. The van der Waals surface area contributed by atoms with Gasteiger partial charge in [0.15, 0.2) is 0 Å². The van der Waals surface area contributed by atoms with Gasteiger partial charge in [-0.3, -0.25) is 0 Å². The highest BCUT2D eigenvalue weighted by atomic mass is 16.5. The molecule has 0 aliphatic carbocycles. The lowest BCUT2D eigenvalue weighted by Crippen LogP contribution is -1.99. The smallest absolute Gasteiger partial charge is 0.134 e. The van der Waals surface area contributed by atoms with E-state index in [2.05, 4.69) is 62.4 Å². The van der Waals surface area contributed by atoms with Crippen LogP contribution in [0.3, 0.4) is 0 Å². The number of hydrogen-bond donors (Lipinski definition) is 0. The third kappa shape index (κ3) is 3.72. The van der Waals surface area contributed by atoms with Crippen LogP contribution in [0.5, 0.6) is 5.75 Å². The first-order chi connectivity index (χ1) is 11.8. The third-order valence-corrected chi connectivity index (χ3v) is 4.78. The molecular weight excluding hydrogens is 292 g/mol. The van der Waals surface area contributed by atoms with E-state index in [0.717, 1.165) is 25.2 Å². The van der Waals surface area contributed by atoms with E-state index >= 15 is 0 Å². The number of ether oxygens (including phenoxy) is 1. The van der Waals surface area contributed by atoms with Crippen LogP contribution in [0.25, 0.3) is 21.5 Å². The highest BCUT2D eigenvalue weighted by Gasteiger charge is 2.09. The lowest BCUT2D eigenvalue weighted by molar-refractivity contribution is 0.311. The first-order valence-electron chi connectivity index (χ1n) is 9.40. The third-order valence-electron chi connectivity index (χ3n) is 4.78. The standard InChI is InChI=1S/C23H28O/c1-3-5-6-7-10-15-24-23-21-12-9-8-11-19(21)17-20-14-13-18(4-2)16-22(20)23/h8-9,11-14,16-17H,3-7,10,15H2,1-2H3. The van der Waals surface area contributed by atoms with Gasteiger partial charge < -0.3 is 4.74 Å². The summed E-state index contributed by atoms with van der Waals surface area (Å²) in [5, 5.41) is 5.01. The fraction of sp³-hybridized carbons (Fsp3) is 0.391. The Morgan fingerprint density at radius 2 is 1.54 bits per heavy atom. The lowest BCUT2D eigenvalue weighted by Gasteiger charge is -2.14. The van der Waals surface area contributed by atoms with E-state index in [4.69, 9.17) is 4.74 Å². The van der Waals surface area contributed by atoms with Crippen molar-refractivity contribution in [2.75, 3.05) is 6.61 Å². The predicted octanol–water partition coefficient (Wildman–Crippen LogP) is 6.90. The summed E-state index contributed by atoms with van der Waals surface area (Å²) in [7, 11) is 0. The molecule has 0 aliphatic heterocycles. The van der Waals surface area contributed by atoms with E-state index in [-0.39, 0.29) is 0 Å². The molecule has 0 fully saturated rings. The van der Waals surface area contributed by atoms with Crippen LogP contribution in [0.15, 0.2) is 48.5 Å². The van der Waals surface area contributed by atoms with E-state index < -0.39 is 0 Å². The van der Waals surface area contributed by atoms with Crippen LogP contribution in [0.2, 0.25) is 0 Å². The zero-order valence-corrected chi connectivity index (χ0v) is 15.0. The van der Waals surface area contributed by atoms with Crippen molar-refractivity contribution < 1.29 is 4.74 Å². The van der Waals surface area contributed by atoms with Gasteiger partial charge in [-0.1, -0.05) is 75.9 Å². The minimum atomic E-state index is 0.809. The molecule has 0 unspecified atom stereocenters. The maximum Gasteiger partial charge on any atom is 0.134 e. The molecule has 3 aromatic rings. The minimum absolute atomic E-state index is 0.809. The Bertz CT molecular complexity index is 804. The molecule has 0 N–H and O–H groups in total. The molecule has 3 rings (SSSR count). The second kappa shape index (κ2) is 8.19. The van der Waals surface area contributed by atoms with Gasteiger partial charge in [0.1, 0.15) is 5.75 Å². The second-order valence-corrected chi connectivity index (χ2v) is 6.60. The largest absolute Gasteiger partial charge is 0.492 e. The van der Waals surface area contributed by atoms with E-state index in [1.54, 1.807) is 0 Å². The molecule has 0 amide bonds. The van der Waals surface area contributed by atoms with Gasteiger partial charge in [0.25, 0.3) is 0 Å². The van der Waals surface area contributed by atoms with Crippen LogP contribution in [0.1, 0.15) is 51.5 Å². The van der Waals surface area contributed by atoms with Crippen LogP contribution in [0, 0.1) is 0 Å². The summed E-state index contributed by atoms with van der Waals surface area (Å²) in [6, 6.07) is 17.6. The van der Waals surface area contributed by atoms with E-state index in [1.807, 2.05) is 0 Å². The number of benzene rings is 3. The van der Waals surface area contributed by atoms with Gasteiger partial charge in [0.05, 0.1) is 6.61 Å². The van der Waals surface area contributed by atoms with E-state index in [9.17, 15) is 0 Å². The first-order valence-corrected chi connectivity index (χ1v) is 9.40. The number of fused-ring (bicyclic) bond motifs is 2. The lowest BCUT2D eigenvalue weighted by atomic mass is 9.99. The van der Waals surface area contributed by atoms with Crippen molar-refractivity contribution in [1.82, 2.24) is 0 Å². The molecule has 0 saturated heterocycles. The molecule has 0 aliphatic rings. The number of unbranched alkanes of at least 4 members (excludes halogenated alkanes) is 4. The molecule has 1 nitrogen and oxygen atoms in total.